The van der Waals surface area contributed by atoms with Crippen molar-refractivity contribution in [3.8, 4) is 11.8 Å². The molecule has 0 radical (unpaired) electrons. The van der Waals surface area contributed by atoms with Crippen molar-refractivity contribution in [3.63, 3.8) is 0 Å². The number of hydrogen-bond donors (Lipinski definition) is 0. The van der Waals surface area contributed by atoms with Crippen LogP contribution in [-0.4, -0.2) is 11.3 Å². The van der Waals surface area contributed by atoms with Gasteiger partial charge in [0.05, 0.1) is 27.6 Å². The predicted octanol–water partition coefficient (Wildman–Crippen LogP) is 3.39. The van der Waals surface area contributed by atoms with Crippen LogP contribution in [0.5, 0.6) is 5.75 Å². The van der Waals surface area contributed by atoms with Crippen molar-refractivity contribution in [3.05, 3.63) is 21.0 Å². The molecule has 0 amide bonds. The summed E-state index contributed by atoms with van der Waals surface area (Å²) in [4.78, 5) is 3.75. The van der Waals surface area contributed by atoms with Crippen LogP contribution < -0.4 is 4.74 Å². The first-order valence-corrected chi connectivity index (χ1v) is 5.85. The van der Waals surface area contributed by atoms with E-state index < -0.39 is 12.1 Å². The number of nitriles is 1. The van der Waals surface area contributed by atoms with Crippen LogP contribution in [0.15, 0.2) is 6.20 Å². The molecule has 0 N–H and O–H groups in total. The summed E-state index contributed by atoms with van der Waals surface area (Å²) in [5, 5.41) is 8.52. The van der Waals surface area contributed by atoms with Crippen molar-refractivity contribution in [1.29, 1.82) is 5.26 Å². The second kappa shape index (κ2) is 5.73. The number of hydrogen-bond acceptors (Lipinski definition) is 3. The van der Waals surface area contributed by atoms with Crippen LogP contribution in [0.1, 0.15) is 11.3 Å². The molecule has 1 aromatic heterocycles. The quantitative estimate of drug-likeness (QED) is 0.600. The molecular formula is C9H5ClF3IN2O. The number of nitrogens with zero attached hydrogens (tertiary/aromatic N) is 2. The van der Waals surface area contributed by atoms with Crippen molar-refractivity contribution in [2.24, 2.45) is 0 Å². The maximum Gasteiger partial charge on any atom is 0.573 e. The molecule has 0 aromatic carbocycles. The Bertz CT molecular complexity index is 459. The highest BCUT2D eigenvalue weighted by Gasteiger charge is 2.33. The van der Waals surface area contributed by atoms with Crippen LogP contribution in [0, 0.1) is 14.9 Å². The molecule has 0 saturated heterocycles. The van der Waals surface area contributed by atoms with E-state index in [4.69, 9.17) is 16.9 Å². The number of halogens is 5. The summed E-state index contributed by atoms with van der Waals surface area (Å²) in [6.07, 6.45) is -3.53. The maximum atomic E-state index is 12.2. The fourth-order valence-corrected chi connectivity index (χ4v) is 2.01. The molecule has 1 aromatic rings. The van der Waals surface area contributed by atoms with Gasteiger partial charge in [-0.05, 0) is 22.6 Å². The first kappa shape index (κ1) is 14.3. The third-order valence-corrected chi connectivity index (χ3v) is 3.17. The van der Waals surface area contributed by atoms with E-state index in [9.17, 15) is 13.2 Å². The Morgan fingerprint density at radius 2 is 2.18 bits per heavy atom. The molecule has 3 nitrogen and oxygen atoms in total. The Labute approximate surface area is 114 Å². The van der Waals surface area contributed by atoms with Gasteiger partial charge in [0.1, 0.15) is 0 Å². The fraction of sp³-hybridized carbons (Fsp3) is 0.333. The van der Waals surface area contributed by atoms with E-state index in [-0.39, 0.29) is 21.6 Å². The SMILES string of the molecule is N#CCc1cnc(CCl)c(OC(F)(F)F)c1I. The Balaban J connectivity index is 3.23. The van der Waals surface area contributed by atoms with E-state index >= 15 is 0 Å². The smallest absolute Gasteiger partial charge is 0.403 e. The van der Waals surface area contributed by atoms with Crippen LogP contribution in [0.4, 0.5) is 13.2 Å². The summed E-state index contributed by atoms with van der Waals surface area (Å²) in [5.74, 6) is -0.630. The molecule has 0 aliphatic carbocycles. The molecule has 0 atom stereocenters. The number of rotatable bonds is 3. The molecule has 1 heterocycles. The molecule has 1 rings (SSSR count). The van der Waals surface area contributed by atoms with Gasteiger partial charge in [0.15, 0.2) is 5.75 Å². The fourth-order valence-electron chi connectivity index (χ4n) is 1.07. The average molecular weight is 377 g/mol. The van der Waals surface area contributed by atoms with Crippen LogP contribution >= 0.6 is 34.2 Å². The number of pyridine rings is 1. The molecule has 8 heteroatoms. The Hall–Kier alpha value is -0.750. The summed E-state index contributed by atoms with van der Waals surface area (Å²) >= 11 is 7.16. The maximum absolute atomic E-state index is 12.2. The minimum atomic E-state index is -4.81. The number of ether oxygens (including phenoxy) is 1. The Kier molecular flexibility index (Phi) is 4.82. The number of alkyl halides is 4. The molecule has 0 aliphatic heterocycles. The Morgan fingerprint density at radius 1 is 1.53 bits per heavy atom. The molecule has 0 saturated carbocycles. The van der Waals surface area contributed by atoms with Crippen LogP contribution in [0.25, 0.3) is 0 Å². The van der Waals surface area contributed by atoms with Crippen molar-refractivity contribution in [1.82, 2.24) is 4.98 Å². The highest BCUT2D eigenvalue weighted by Crippen LogP contribution is 2.33. The molecule has 0 unspecified atom stereocenters. The zero-order chi connectivity index (χ0) is 13.1. The third kappa shape index (κ3) is 3.89. The van der Waals surface area contributed by atoms with Gasteiger partial charge >= 0.3 is 6.36 Å². The van der Waals surface area contributed by atoms with Gasteiger partial charge in [-0.25, -0.2) is 0 Å². The zero-order valence-corrected chi connectivity index (χ0v) is 11.1. The monoisotopic (exact) mass is 376 g/mol. The highest BCUT2D eigenvalue weighted by molar-refractivity contribution is 14.1. The summed E-state index contributed by atoms with van der Waals surface area (Å²) in [6.45, 7) is 0. The highest BCUT2D eigenvalue weighted by atomic mass is 127. The van der Waals surface area contributed by atoms with Crippen molar-refractivity contribution in [2.45, 2.75) is 18.7 Å². The summed E-state index contributed by atoms with van der Waals surface area (Å²) < 4.78 is 40.7. The lowest BCUT2D eigenvalue weighted by atomic mass is 10.2. The largest absolute Gasteiger partial charge is 0.573 e. The minimum absolute atomic E-state index is 0.00455. The lowest BCUT2D eigenvalue weighted by molar-refractivity contribution is -0.275. The van der Waals surface area contributed by atoms with Gasteiger partial charge in [0.25, 0.3) is 0 Å². The molecule has 0 bridgehead atoms. The summed E-state index contributed by atoms with van der Waals surface area (Å²) in [6, 6.07) is 1.84. The molecule has 17 heavy (non-hydrogen) atoms. The second-order valence-corrected chi connectivity index (χ2v) is 4.24. The standard InChI is InChI=1S/C9H5ClF3IN2O/c10-3-6-8(17-9(11,12)13)7(14)5(1-2-15)4-16-6/h4H,1,3H2. The zero-order valence-electron chi connectivity index (χ0n) is 8.18. The minimum Gasteiger partial charge on any atom is -0.403 e. The average Bonchev–Trinajstić information content (AvgIpc) is 2.23. The third-order valence-electron chi connectivity index (χ3n) is 1.73. The predicted molar refractivity (Wildman–Crippen MR) is 62.5 cm³/mol. The van der Waals surface area contributed by atoms with E-state index in [1.54, 1.807) is 22.6 Å². The van der Waals surface area contributed by atoms with E-state index in [0.29, 0.717) is 5.56 Å². The van der Waals surface area contributed by atoms with Gasteiger partial charge in [0, 0.05) is 11.8 Å². The molecule has 0 aliphatic rings. The summed E-state index contributed by atoms with van der Waals surface area (Å²) in [5.41, 5.74) is 0.372. The van der Waals surface area contributed by atoms with Gasteiger partial charge in [-0.2, -0.15) is 5.26 Å². The van der Waals surface area contributed by atoms with Crippen LogP contribution in [0.3, 0.4) is 0 Å². The van der Waals surface area contributed by atoms with Crippen LogP contribution in [0.2, 0.25) is 0 Å². The van der Waals surface area contributed by atoms with Crippen molar-refractivity contribution in [2.75, 3.05) is 0 Å². The first-order chi connectivity index (χ1) is 7.89. The normalized spacial score (nSPS) is 11.1. The summed E-state index contributed by atoms with van der Waals surface area (Å²) in [7, 11) is 0. The van der Waals surface area contributed by atoms with E-state index in [1.807, 2.05) is 6.07 Å². The van der Waals surface area contributed by atoms with Crippen molar-refractivity contribution >= 4 is 34.2 Å². The van der Waals surface area contributed by atoms with Gasteiger partial charge in [-0.15, -0.1) is 24.8 Å². The second-order valence-electron chi connectivity index (χ2n) is 2.89. The van der Waals surface area contributed by atoms with E-state index in [1.165, 1.54) is 6.20 Å². The van der Waals surface area contributed by atoms with Gasteiger partial charge in [-0.1, -0.05) is 0 Å². The van der Waals surface area contributed by atoms with Crippen molar-refractivity contribution < 1.29 is 17.9 Å². The molecule has 92 valence electrons. The Morgan fingerprint density at radius 3 is 2.65 bits per heavy atom. The van der Waals surface area contributed by atoms with Gasteiger partial charge in [-0.3, -0.25) is 4.98 Å². The lowest BCUT2D eigenvalue weighted by Gasteiger charge is -2.14. The van der Waals surface area contributed by atoms with Gasteiger partial charge in [0.2, 0.25) is 0 Å². The first-order valence-electron chi connectivity index (χ1n) is 4.24. The van der Waals surface area contributed by atoms with E-state index in [0.717, 1.165) is 0 Å². The van der Waals surface area contributed by atoms with Crippen LogP contribution in [-0.2, 0) is 12.3 Å². The molecule has 0 spiro atoms. The molecular weight excluding hydrogens is 371 g/mol. The van der Waals surface area contributed by atoms with E-state index in [2.05, 4.69) is 9.72 Å². The number of aromatic nitrogens is 1. The molecule has 0 fully saturated rings. The lowest BCUT2D eigenvalue weighted by Crippen LogP contribution is -2.19. The van der Waals surface area contributed by atoms with Gasteiger partial charge < -0.3 is 4.74 Å². The topological polar surface area (TPSA) is 45.9 Å².